The average Bonchev–Trinajstić information content (AvgIpc) is 2.72. The molecule has 1 aromatic heterocycles. The number of aromatic nitrogens is 2. The number of carbonyl (C=O) groups is 1. The van der Waals surface area contributed by atoms with Crippen LogP contribution >= 0.6 is 11.3 Å². The van der Waals surface area contributed by atoms with Crippen molar-refractivity contribution in [1.29, 1.82) is 0 Å². The number of nitrogens with zero attached hydrogens (tertiary/aromatic N) is 2. The highest BCUT2D eigenvalue weighted by Gasteiger charge is 2.19. The Morgan fingerprint density at radius 3 is 2.68 bits per heavy atom. The summed E-state index contributed by atoms with van der Waals surface area (Å²) in [7, 11) is -3.71. The van der Waals surface area contributed by atoms with Gasteiger partial charge in [-0.1, -0.05) is 11.3 Å². The number of carbonyl (C=O) groups excluding carboxylic acids is 1. The molecular weight excluding hydrogens is 292 g/mol. The molecule has 0 aliphatic rings. The van der Waals surface area contributed by atoms with E-state index in [1.807, 2.05) is 13.8 Å². The third-order valence-corrected chi connectivity index (χ3v) is 4.43. The Morgan fingerprint density at radius 1 is 1.42 bits per heavy atom. The minimum Gasteiger partial charge on any atom is -0.377 e. The van der Waals surface area contributed by atoms with Gasteiger partial charge in [-0.2, -0.15) is 0 Å². The molecule has 108 valence electrons. The first-order valence-corrected chi connectivity index (χ1v) is 7.83. The molecule has 0 saturated carbocycles. The minimum absolute atomic E-state index is 0.0393. The van der Waals surface area contributed by atoms with Gasteiger partial charge in [0.1, 0.15) is 0 Å². The quantitative estimate of drug-likeness (QED) is 0.550. The number of amides is 1. The molecule has 0 unspecified atom stereocenters. The molecule has 0 aliphatic carbocycles. The van der Waals surface area contributed by atoms with Crippen LogP contribution in [0.15, 0.2) is 4.34 Å². The van der Waals surface area contributed by atoms with E-state index < -0.39 is 10.0 Å². The molecule has 0 bridgehead atoms. The summed E-state index contributed by atoms with van der Waals surface area (Å²) in [5.41, 5.74) is 0. The highest BCUT2D eigenvalue weighted by Crippen LogP contribution is 2.19. The Kier molecular flexibility index (Phi) is 5.79. The molecule has 1 heterocycles. The van der Waals surface area contributed by atoms with Crippen LogP contribution in [0.4, 0.5) is 5.13 Å². The van der Waals surface area contributed by atoms with Crippen LogP contribution in [-0.2, 0) is 19.6 Å². The maximum absolute atomic E-state index is 11.8. The van der Waals surface area contributed by atoms with Gasteiger partial charge in [0, 0.05) is 13.5 Å². The molecule has 8 nitrogen and oxygen atoms in total. The lowest BCUT2D eigenvalue weighted by Gasteiger charge is -2.07. The number of rotatable bonds is 7. The van der Waals surface area contributed by atoms with Gasteiger partial charge >= 0.3 is 0 Å². The smallest absolute Gasteiger partial charge is 0.269 e. The van der Waals surface area contributed by atoms with E-state index in [1.165, 1.54) is 6.92 Å². The molecule has 2 N–H and O–H groups in total. The van der Waals surface area contributed by atoms with E-state index in [9.17, 15) is 13.2 Å². The van der Waals surface area contributed by atoms with Crippen LogP contribution in [0.5, 0.6) is 0 Å². The highest BCUT2D eigenvalue weighted by atomic mass is 32.2. The summed E-state index contributed by atoms with van der Waals surface area (Å²) in [6, 6.07) is 0. The Bertz CT molecular complexity index is 526. The Morgan fingerprint density at radius 2 is 2.11 bits per heavy atom. The number of anilines is 1. The van der Waals surface area contributed by atoms with E-state index in [-0.39, 0.29) is 34.6 Å². The third-order valence-electron chi connectivity index (χ3n) is 1.76. The molecule has 10 heteroatoms. The summed E-state index contributed by atoms with van der Waals surface area (Å²) in [5, 5.41) is 9.60. The molecule has 19 heavy (non-hydrogen) atoms. The molecule has 1 amide bonds. The van der Waals surface area contributed by atoms with Gasteiger partial charge in [-0.3, -0.25) is 4.79 Å². The van der Waals surface area contributed by atoms with Crippen molar-refractivity contribution >= 4 is 32.4 Å². The van der Waals surface area contributed by atoms with E-state index in [2.05, 4.69) is 20.2 Å². The monoisotopic (exact) mass is 308 g/mol. The van der Waals surface area contributed by atoms with Crippen LogP contribution in [0, 0.1) is 0 Å². The highest BCUT2D eigenvalue weighted by molar-refractivity contribution is 7.91. The van der Waals surface area contributed by atoms with Crippen LogP contribution in [0.25, 0.3) is 0 Å². The second kappa shape index (κ2) is 6.89. The largest absolute Gasteiger partial charge is 0.377 e. The van der Waals surface area contributed by atoms with Crippen LogP contribution in [0.1, 0.15) is 20.8 Å². The molecule has 0 radical (unpaired) electrons. The third kappa shape index (κ3) is 5.59. The molecule has 0 aromatic carbocycles. The first-order chi connectivity index (χ1) is 8.81. The Balaban J connectivity index is 2.57. The lowest BCUT2D eigenvalue weighted by atomic mass is 10.5. The molecule has 0 fully saturated rings. The zero-order chi connectivity index (χ0) is 14.5. The van der Waals surface area contributed by atoms with Crippen LogP contribution < -0.4 is 10.0 Å². The molecule has 0 spiro atoms. The van der Waals surface area contributed by atoms with Gasteiger partial charge in [-0.25, -0.2) is 13.1 Å². The second-order valence-electron chi connectivity index (χ2n) is 3.87. The van der Waals surface area contributed by atoms with E-state index >= 15 is 0 Å². The van der Waals surface area contributed by atoms with E-state index in [1.54, 1.807) is 0 Å². The van der Waals surface area contributed by atoms with Crippen molar-refractivity contribution < 1.29 is 17.9 Å². The molecule has 0 aliphatic heterocycles. The number of sulfonamides is 1. The van der Waals surface area contributed by atoms with Gasteiger partial charge in [-0.05, 0) is 13.8 Å². The van der Waals surface area contributed by atoms with Gasteiger partial charge in [-0.15, -0.1) is 10.2 Å². The second-order valence-corrected chi connectivity index (χ2v) is 6.79. The lowest BCUT2D eigenvalue weighted by molar-refractivity contribution is -0.114. The maximum Gasteiger partial charge on any atom is 0.269 e. The summed E-state index contributed by atoms with van der Waals surface area (Å²) in [5.74, 6) is -0.335. The van der Waals surface area contributed by atoms with Crippen molar-refractivity contribution in [3.8, 4) is 0 Å². The van der Waals surface area contributed by atoms with Crippen LogP contribution in [0.2, 0.25) is 0 Å². The maximum atomic E-state index is 11.8. The van der Waals surface area contributed by atoms with Gasteiger partial charge in [0.15, 0.2) is 0 Å². The van der Waals surface area contributed by atoms with Gasteiger partial charge < -0.3 is 10.1 Å². The molecule has 0 saturated heterocycles. The van der Waals surface area contributed by atoms with E-state index in [0.717, 1.165) is 11.3 Å². The summed E-state index contributed by atoms with van der Waals surface area (Å²) in [6.07, 6.45) is 0.0393. The number of hydrogen-bond donors (Lipinski definition) is 2. The first-order valence-electron chi connectivity index (χ1n) is 5.53. The van der Waals surface area contributed by atoms with Crippen molar-refractivity contribution in [3.05, 3.63) is 0 Å². The summed E-state index contributed by atoms with van der Waals surface area (Å²) in [4.78, 5) is 10.8. The van der Waals surface area contributed by atoms with E-state index in [4.69, 9.17) is 4.74 Å². The van der Waals surface area contributed by atoms with E-state index in [0.29, 0.717) is 0 Å². The fourth-order valence-electron chi connectivity index (χ4n) is 1.05. The average molecular weight is 308 g/mol. The van der Waals surface area contributed by atoms with Gasteiger partial charge in [0.05, 0.1) is 12.7 Å². The Labute approximate surface area is 115 Å². The first kappa shape index (κ1) is 16.0. The fourth-order valence-corrected chi connectivity index (χ4v) is 3.05. The number of hydrogen-bond acceptors (Lipinski definition) is 7. The van der Waals surface area contributed by atoms with Crippen molar-refractivity contribution in [1.82, 2.24) is 14.9 Å². The van der Waals surface area contributed by atoms with Crippen LogP contribution in [-0.4, -0.2) is 43.8 Å². The predicted octanol–water partition coefficient (Wildman–Crippen LogP) is 0.200. The molecule has 1 aromatic rings. The van der Waals surface area contributed by atoms with Crippen molar-refractivity contribution in [2.45, 2.75) is 31.2 Å². The molecular formula is C9H16N4O4S2. The fraction of sp³-hybridized carbons (Fsp3) is 0.667. The molecule has 0 atom stereocenters. The zero-order valence-electron chi connectivity index (χ0n) is 10.8. The summed E-state index contributed by atoms with van der Waals surface area (Å²) < 4.78 is 31.0. The van der Waals surface area contributed by atoms with Crippen LogP contribution in [0.3, 0.4) is 0 Å². The summed E-state index contributed by atoms with van der Waals surface area (Å²) >= 11 is 0.787. The Hall–Kier alpha value is -1.10. The van der Waals surface area contributed by atoms with Gasteiger partial charge in [0.2, 0.25) is 15.4 Å². The standard InChI is InChI=1S/C9H16N4O4S2/c1-6(2)17-5-4-10-19(15,16)9-13-12-8(18-9)11-7(3)14/h6,10H,4-5H2,1-3H3,(H,11,12,14). The van der Waals surface area contributed by atoms with Gasteiger partial charge in [0.25, 0.3) is 10.0 Å². The number of ether oxygens (including phenoxy) is 1. The number of nitrogens with one attached hydrogen (secondary N) is 2. The van der Waals surface area contributed by atoms with Crippen molar-refractivity contribution in [2.24, 2.45) is 0 Å². The lowest BCUT2D eigenvalue weighted by Crippen LogP contribution is -2.28. The predicted molar refractivity (Wildman–Crippen MR) is 70.5 cm³/mol. The zero-order valence-corrected chi connectivity index (χ0v) is 12.5. The minimum atomic E-state index is -3.71. The molecule has 1 rings (SSSR count). The summed E-state index contributed by atoms with van der Waals surface area (Å²) in [6.45, 7) is 5.44. The van der Waals surface area contributed by atoms with Crippen molar-refractivity contribution in [3.63, 3.8) is 0 Å². The topological polar surface area (TPSA) is 110 Å². The normalized spacial score (nSPS) is 11.8. The SMILES string of the molecule is CC(=O)Nc1nnc(S(=O)(=O)NCCOC(C)C)s1. The van der Waals surface area contributed by atoms with Crippen molar-refractivity contribution in [2.75, 3.05) is 18.5 Å².